The van der Waals surface area contributed by atoms with Gasteiger partial charge in [0.2, 0.25) is 0 Å². The molecule has 1 aromatic rings. The van der Waals surface area contributed by atoms with E-state index >= 15 is 0 Å². The number of hydrogen-bond donors (Lipinski definition) is 1. The highest BCUT2D eigenvalue weighted by Gasteiger charge is 2.27. The van der Waals surface area contributed by atoms with E-state index in [0.29, 0.717) is 5.56 Å². The van der Waals surface area contributed by atoms with E-state index in [9.17, 15) is 9.59 Å². The van der Waals surface area contributed by atoms with Gasteiger partial charge in [-0.3, -0.25) is 4.79 Å². The third-order valence-corrected chi connectivity index (χ3v) is 3.21. The van der Waals surface area contributed by atoms with Gasteiger partial charge in [-0.15, -0.1) is 0 Å². The second-order valence-electron chi connectivity index (χ2n) is 5.23. The zero-order valence-corrected chi connectivity index (χ0v) is 11.6. The Balaban J connectivity index is 2.49. The Morgan fingerprint density at radius 3 is 2.26 bits per heavy atom. The second kappa shape index (κ2) is 6.36. The molecular weight excluding hydrogens is 244 g/mol. The van der Waals surface area contributed by atoms with E-state index in [1.165, 1.54) is 7.11 Å². The van der Waals surface area contributed by atoms with E-state index in [1.54, 1.807) is 12.1 Å². The van der Waals surface area contributed by atoms with E-state index in [0.717, 1.165) is 24.8 Å². The van der Waals surface area contributed by atoms with Crippen molar-refractivity contribution in [2.24, 2.45) is 5.41 Å². The summed E-state index contributed by atoms with van der Waals surface area (Å²) in [6, 6.07) is 6.83. The topological polar surface area (TPSA) is 63.6 Å². The minimum Gasteiger partial charge on any atom is -0.478 e. The van der Waals surface area contributed by atoms with Crippen LogP contribution in [0.1, 0.15) is 42.6 Å². The fourth-order valence-corrected chi connectivity index (χ4v) is 1.93. The van der Waals surface area contributed by atoms with Crippen LogP contribution in [-0.4, -0.2) is 24.2 Å². The number of methoxy groups -OCH3 is 1. The summed E-state index contributed by atoms with van der Waals surface area (Å²) < 4.78 is 4.76. The third kappa shape index (κ3) is 4.39. The van der Waals surface area contributed by atoms with Crippen molar-refractivity contribution in [3.8, 4) is 0 Å². The predicted molar refractivity (Wildman–Crippen MR) is 72.1 cm³/mol. The largest absolute Gasteiger partial charge is 0.478 e. The summed E-state index contributed by atoms with van der Waals surface area (Å²) in [5.41, 5.74) is 0.889. The third-order valence-electron chi connectivity index (χ3n) is 3.21. The SMILES string of the molecule is COC(=O)C(C)(C)CCCc1ccc(C(=O)O)cc1. The molecule has 0 unspecified atom stereocenters. The van der Waals surface area contributed by atoms with Crippen LogP contribution in [0.15, 0.2) is 24.3 Å². The quantitative estimate of drug-likeness (QED) is 0.802. The Hall–Kier alpha value is -1.84. The maximum absolute atomic E-state index is 11.5. The molecule has 0 aromatic heterocycles. The van der Waals surface area contributed by atoms with Crippen molar-refractivity contribution >= 4 is 11.9 Å². The summed E-state index contributed by atoms with van der Waals surface area (Å²) in [6.07, 6.45) is 2.41. The highest BCUT2D eigenvalue weighted by molar-refractivity contribution is 5.87. The zero-order chi connectivity index (χ0) is 14.5. The highest BCUT2D eigenvalue weighted by atomic mass is 16.5. The average molecular weight is 264 g/mol. The molecule has 1 N–H and O–H groups in total. The lowest BCUT2D eigenvalue weighted by Gasteiger charge is -2.21. The van der Waals surface area contributed by atoms with Gasteiger partial charge >= 0.3 is 11.9 Å². The molecule has 0 aliphatic carbocycles. The minimum atomic E-state index is -0.918. The Kier molecular flexibility index (Phi) is 5.10. The lowest BCUT2D eigenvalue weighted by Crippen LogP contribution is -2.25. The molecule has 0 saturated carbocycles. The number of rotatable bonds is 6. The molecule has 1 aromatic carbocycles. The monoisotopic (exact) mass is 264 g/mol. The molecule has 4 nitrogen and oxygen atoms in total. The molecule has 0 spiro atoms. The number of carbonyl (C=O) groups excluding carboxylic acids is 1. The van der Waals surface area contributed by atoms with Crippen LogP contribution in [0.25, 0.3) is 0 Å². The van der Waals surface area contributed by atoms with Crippen LogP contribution in [0.2, 0.25) is 0 Å². The van der Waals surface area contributed by atoms with E-state index < -0.39 is 11.4 Å². The first-order chi connectivity index (χ1) is 8.86. The molecule has 0 radical (unpaired) electrons. The van der Waals surface area contributed by atoms with Gasteiger partial charge in [-0.05, 0) is 50.8 Å². The lowest BCUT2D eigenvalue weighted by atomic mass is 9.86. The summed E-state index contributed by atoms with van der Waals surface area (Å²) in [4.78, 5) is 22.2. The minimum absolute atomic E-state index is 0.200. The van der Waals surface area contributed by atoms with Gasteiger partial charge in [0.05, 0.1) is 18.1 Å². The molecular formula is C15H20O4. The molecule has 0 amide bonds. The fraction of sp³-hybridized carbons (Fsp3) is 0.467. The maximum atomic E-state index is 11.5. The van der Waals surface area contributed by atoms with Gasteiger partial charge in [-0.1, -0.05) is 12.1 Å². The van der Waals surface area contributed by atoms with Crippen molar-refractivity contribution in [2.75, 3.05) is 7.11 Å². The fourth-order valence-electron chi connectivity index (χ4n) is 1.93. The summed E-state index contributed by atoms with van der Waals surface area (Å²) >= 11 is 0. The summed E-state index contributed by atoms with van der Waals surface area (Å²) in [6.45, 7) is 3.73. The number of carboxylic acid groups (broad SMARTS) is 1. The Bertz CT molecular complexity index is 446. The summed E-state index contributed by atoms with van der Waals surface area (Å²) in [7, 11) is 1.40. The van der Waals surface area contributed by atoms with Gasteiger partial charge in [-0.2, -0.15) is 0 Å². The van der Waals surface area contributed by atoms with E-state index in [2.05, 4.69) is 0 Å². The Labute approximate surface area is 113 Å². The van der Waals surface area contributed by atoms with Crippen molar-refractivity contribution in [2.45, 2.75) is 33.1 Å². The average Bonchev–Trinajstić information content (AvgIpc) is 2.38. The first-order valence-corrected chi connectivity index (χ1v) is 6.27. The standard InChI is InChI=1S/C15H20O4/c1-15(2,14(18)19-3)10-4-5-11-6-8-12(9-7-11)13(16)17/h6-9H,4-5,10H2,1-3H3,(H,16,17). The van der Waals surface area contributed by atoms with Crippen molar-refractivity contribution in [3.63, 3.8) is 0 Å². The predicted octanol–water partition coefficient (Wildman–Crippen LogP) is 2.91. The van der Waals surface area contributed by atoms with Crippen molar-refractivity contribution in [1.82, 2.24) is 0 Å². The van der Waals surface area contributed by atoms with Crippen molar-refractivity contribution in [3.05, 3.63) is 35.4 Å². The van der Waals surface area contributed by atoms with Crippen LogP contribution in [0.3, 0.4) is 0 Å². The zero-order valence-electron chi connectivity index (χ0n) is 11.6. The molecule has 0 heterocycles. The van der Waals surface area contributed by atoms with Crippen LogP contribution in [0.5, 0.6) is 0 Å². The van der Waals surface area contributed by atoms with E-state index in [1.807, 2.05) is 26.0 Å². The molecule has 0 bridgehead atoms. The van der Waals surface area contributed by atoms with Crippen LogP contribution in [0.4, 0.5) is 0 Å². The molecule has 0 aliphatic rings. The highest BCUT2D eigenvalue weighted by Crippen LogP contribution is 2.25. The molecule has 104 valence electrons. The van der Waals surface area contributed by atoms with Gasteiger partial charge < -0.3 is 9.84 Å². The molecule has 0 atom stereocenters. The molecule has 0 fully saturated rings. The Morgan fingerprint density at radius 2 is 1.79 bits per heavy atom. The number of hydrogen-bond acceptors (Lipinski definition) is 3. The second-order valence-corrected chi connectivity index (χ2v) is 5.23. The number of ether oxygens (including phenoxy) is 1. The Morgan fingerprint density at radius 1 is 1.21 bits per heavy atom. The number of esters is 1. The first-order valence-electron chi connectivity index (χ1n) is 6.27. The number of carboxylic acids is 1. The lowest BCUT2D eigenvalue weighted by molar-refractivity contribution is -0.151. The molecule has 0 saturated heterocycles. The molecule has 19 heavy (non-hydrogen) atoms. The smallest absolute Gasteiger partial charge is 0.335 e. The van der Waals surface area contributed by atoms with Gasteiger partial charge in [0.1, 0.15) is 0 Å². The van der Waals surface area contributed by atoms with Crippen LogP contribution >= 0.6 is 0 Å². The number of benzene rings is 1. The number of aromatic carboxylic acids is 1. The van der Waals surface area contributed by atoms with Crippen molar-refractivity contribution in [1.29, 1.82) is 0 Å². The first kappa shape index (κ1) is 15.2. The van der Waals surface area contributed by atoms with Crippen LogP contribution < -0.4 is 0 Å². The van der Waals surface area contributed by atoms with Crippen molar-refractivity contribution < 1.29 is 19.4 Å². The van der Waals surface area contributed by atoms with Crippen LogP contribution in [-0.2, 0) is 16.0 Å². The molecule has 1 rings (SSSR count). The summed E-state index contributed by atoms with van der Waals surface area (Å²) in [5.74, 6) is -1.12. The van der Waals surface area contributed by atoms with Crippen LogP contribution in [0, 0.1) is 5.41 Å². The van der Waals surface area contributed by atoms with Gasteiger partial charge in [0.15, 0.2) is 0 Å². The van der Waals surface area contributed by atoms with E-state index in [4.69, 9.17) is 9.84 Å². The number of carbonyl (C=O) groups is 2. The van der Waals surface area contributed by atoms with Gasteiger partial charge in [0, 0.05) is 0 Å². The molecule has 4 heteroatoms. The number of aryl methyl sites for hydroxylation is 1. The summed E-state index contributed by atoms with van der Waals surface area (Å²) in [5, 5.41) is 8.80. The van der Waals surface area contributed by atoms with Gasteiger partial charge in [0.25, 0.3) is 0 Å². The van der Waals surface area contributed by atoms with Gasteiger partial charge in [-0.25, -0.2) is 4.79 Å². The molecule has 0 aliphatic heterocycles. The maximum Gasteiger partial charge on any atom is 0.335 e. The van der Waals surface area contributed by atoms with E-state index in [-0.39, 0.29) is 5.97 Å². The normalized spacial score (nSPS) is 11.1.